The largest absolute Gasteiger partial charge is 0.493 e. The van der Waals surface area contributed by atoms with Gasteiger partial charge in [-0.05, 0) is 35.9 Å². The highest BCUT2D eigenvalue weighted by Gasteiger charge is 2.30. The third-order valence-corrected chi connectivity index (χ3v) is 6.06. The van der Waals surface area contributed by atoms with E-state index in [1.165, 1.54) is 44.5 Å². The summed E-state index contributed by atoms with van der Waals surface area (Å²) in [5.74, 6) is -1.41. The summed E-state index contributed by atoms with van der Waals surface area (Å²) < 4.78 is 61.2. The third-order valence-electron chi connectivity index (χ3n) is 4.26. The minimum atomic E-state index is -4.03. The molecule has 11 heteroatoms. The van der Waals surface area contributed by atoms with Crippen LogP contribution in [0.5, 0.6) is 11.5 Å². The lowest BCUT2D eigenvalue weighted by molar-refractivity contribution is -0.0512. The number of hydrogen-bond donors (Lipinski definition) is 1. The fourth-order valence-corrected chi connectivity index (χ4v) is 4.02. The molecular weight excluding hydrogens is 410 g/mol. The number of nitrogens with one attached hydrogen (secondary N) is 1. The lowest BCUT2D eigenvalue weighted by Gasteiger charge is -2.19. The van der Waals surface area contributed by atoms with E-state index in [1.807, 2.05) is 0 Å². The first kappa shape index (κ1) is 20.7. The number of hydrogen-bond acceptors (Lipinski definition) is 6. The minimum absolute atomic E-state index is 0.0263. The van der Waals surface area contributed by atoms with Crippen LogP contribution >= 0.6 is 0 Å². The van der Waals surface area contributed by atoms with Gasteiger partial charge in [0.2, 0.25) is 10.0 Å². The number of carbonyl (C=O) groups is 2. The van der Waals surface area contributed by atoms with Crippen LogP contribution in [0.1, 0.15) is 26.3 Å². The third kappa shape index (κ3) is 4.05. The summed E-state index contributed by atoms with van der Waals surface area (Å²) in [4.78, 5) is 23.2. The van der Waals surface area contributed by atoms with Gasteiger partial charge in [0.05, 0.1) is 23.1 Å². The van der Waals surface area contributed by atoms with Crippen molar-refractivity contribution in [3.05, 3.63) is 53.1 Å². The van der Waals surface area contributed by atoms with Gasteiger partial charge < -0.3 is 9.47 Å². The second-order valence-electron chi connectivity index (χ2n) is 6.12. The zero-order valence-electron chi connectivity index (χ0n) is 15.3. The Morgan fingerprint density at radius 1 is 1.03 bits per heavy atom. The zero-order chi connectivity index (χ0) is 21.3. The molecule has 1 aliphatic heterocycles. The second-order valence-corrected chi connectivity index (χ2v) is 8.16. The van der Waals surface area contributed by atoms with E-state index < -0.39 is 28.4 Å². The van der Waals surface area contributed by atoms with Crippen molar-refractivity contribution in [3.8, 4) is 11.5 Å². The molecule has 0 radical (unpaired) electrons. The molecule has 8 nitrogen and oxygen atoms in total. The number of halogens is 2. The summed E-state index contributed by atoms with van der Waals surface area (Å²) in [6, 6.07) is 7.77. The van der Waals surface area contributed by atoms with E-state index in [-0.39, 0.29) is 34.1 Å². The molecule has 2 amide bonds. The number of amides is 2. The highest BCUT2D eigenvalue weighted by molar-refractivity contribution is 7.89. The molecular formula is C18H16F2N2O6S. The number of carbonyl (C=O) groups excluding carboxylic acids is 2. The van der Waals surface area contributed by atoms with Crippen molar-refractivity contribution in [2.75, 3.05) is 14.2 Å². The molecule has 0 fully saturated rings. The molecule has 154 valence electrons. The summed E-state index contributed by atoms with van der Waals surface area (Å²) in [5.41, 5.74) is 0.448. The normalized spacial score (nSPS) is 13.6. The van der Waals surface area contributed by atoms with Gasteiger partial charge in [-0.1, -0.05) is 6.07 Å². The van der Waals surface area contributed by atoms with Gasteiger partial charge in [0.25, 0.3) is 11.8 Å². The summed E-state index contributed by atoms with van der Waals surface area (Å²) in [5, 5.41) is 2.09. The minimum Gasteiger partial charge on any atom is -0.493 e. The number of fused-ring (bicyclic) bond motifs is 1. The molecule has 1 N–H and O–H groups in total. The molecule has 29 heavy (non-hydrogen) atoms. The number of alkyl halides is 2. The fourth-order valence-electron chi connectivity index (χ4n) is 2.84. The Morgan fingerprint density at radius 2 is 1.72 bits per heavy atom. The van der Waals surface area contributed by atoms with E-state index in [4.69, 9.17) is 4.74 Å². The van der Waals surface area contributed by atoms with Gasteiger partial charge >= 0.3 is 6.61 Å². The molecule has 2 aromatic rings. The predicted octanol–water partition coefficient (Wildman–Crippen LogP) is 2.00. The van der Waals surface area contributed by atoms with Gasteiger partial charge in [-0.15, -0.1) is 0 Å². The zero-order valence-corrected chi connectivity index (χ0v) is 16.1. The van der Waals surface area contributed by atoms with Crippen LogP contribution < -0.4 is 14.8 Å². The summed E-state index contributed by atoms with van der Waals surface area (Å²) in [6.07, 6.45) is 0. The lowest BCUT2D eigenvalue weighted by atomic mass is 10.1. The van der Waals surface area contributed by atoms with Crippen molar-refractivity contribution >= 4 is 21.8 Å². The maximum Gasteiger partial charge on any atom is 0.387 e. The Hall–Kier alpha value is -3.05. The van der Waals surface area contributed by atoms with Crippen LogP contribution in [-0.4, -0.2) is 45.3 Å². The molecule has 0 saturated heterocycles. The van der Waals surface area contributed by atoms with E-state index in [0.29, 0.717) is 5.56 Å². The van der Waals surface area contributed by atoms with Crippen molar-refractivity contribution in [1.29, 1.82) is 0 Å². The summed E-state index contributed by atoms with van der Waals surface area (Å²) >= 11 is 0. The molecule has 0 saturated carbocycles. The maximum atomic E-state index is 12.8. The van der Waals surface area contributed by atoms with Gasteiger partial charge in [-0.2, -0.15) is 13.1 Å². The maximum absolute atomic E-state index is 12.8. The van der Waals surface area contributed by atoms with Crippen LogP contribution in [0.2, 0.25) is 0 Å². The SMILES string of the molecule is COc1ccc(CN(C)S(=O)(=O)c2ccc3c(c2)C(=O)NC3=O)cc1OC(F)F. The standard InChI is InChI=1S/C18H16F2N2O6S/c1-22(9-10-3-6-14(27-2)15(7-10)28-18(19)20)29(25,26)11-4-5-12-13(8-11)17(24)21-16(12)23/h3-8,18H,9H2,1-2H3,(H,21,23,24). The lowest BCUT2D eigenvalue weighted by Crippen LogP contribution is -2.26. The van der Waals surface area contributed by atoms with Gasteiger partial charge in [0.1, 0.15) is 0 Å². The monoisotopic (exact) mass is 426 g/mol. The Balaban J connectivity index is 1.87. The number of imide groups is 1. The molecule has 0 bridgehead atoms. The highest BCUT2D eigenvalue weighted by Crippen LogP contribution is 2.30. The summed E-state index contributed by atoms with van der Waals surface area (Å²) in [6.45, 7) is -3.23. The van der Waals surface area contributed by atoms with Gasteiger partial charge in [-0.25, -0.2) is 8.42 Å². The second kappa shape index (κ2) is 7.76. The van der Waals surface area contributed by atoms with Crippen LogP contribution in [0, 0.1) is 0 Å². The highest BCUT2D eigenvalue weighted by atomic mass is 32.2. The van der Waals surface area contributed by atoms with Crippen LogP contribution in [-0.2, 0) is 16.6 Å². The fraction of sp³-hybridized carbons (Fsp3) is 0.222. The number of nitrogens with zero attached hydrogens (tertiary/aromatic N) is 1. The van der Waals surface area contributed by atoms with Crippen molar-refractivity contribution in [2.24, 2.45) is 0 Å². The first-order valence-corrected chi connectivity index (χ1v) is 9.65. The predicted molar refractivity (Wildman–Crippen MR) is 96.5 cm³/mol. The molecule has 0 aliphatic carbocycles. The first-order chi connectivity index (χ1) is 13.6. The van der Waals surface area contributed by atoms with E-state index >= 15 is 0 Å². The molecule has 2 aromatic carbocycles. The van der Waals surface area contributed by atoms with Crippen molar-refractivity contribution in [3.63, 3.8) is 0 Å². The van der Waals surface area contributed by atoms with Crippen molar-refractivity contribution < 1.29 is 36.3 Å². The van der Waals surface area contributed by atoms with Crippen LogP contribution in [0.4, 0.5) is 8.78 Å². The molecule has 0 aromatic heterocycles. The first-order valence-electron chi connectivity index (χ1n) is 8.21. The number of methoxy groups -OCH3 is 1. The van der Waals surface area contributed by atoms with Crippen LogP contribution in [0.25, 0.3) is 0 Å². The Kier molecular flexibility index (Phi) is 5.53. The van der Waals surface area contributed by atoms with Gasteiger partial charge in [0.15, 0.2) is 11.5 Å². The molecule has 0 unspecified atom stereocenters. The quantitative estimate of drug-likeness (QED) is 0.680. The van der Waals surface area contributed by atoms with E-state index in [1.54, 1.807) is 0 Å². The number of benzene rings is 2. The van der Waals surface area contributed by atoms with Gasteiger partial charge in [-0.3, -0.25) is 14.9 Å². The van der Waals surface area contributed by atoms with E-state index in [0.717, 1.165) is 10.4 Å². The number of ether oxygens (including phenoxy) is 2. The van der Waals surface area contributed by atoms with E-state index in [2.05, 4.69) is 10.1 Å². The van der Waals surface area contributed by atoms with Crippen LogP contribution in [0.15, 0.2) is 41.3 Å². The van der Waals surface area contributed by atoms with Gasteiger partial charge in [0, 0.05) is 13.6 Å². The number of sulfonamides is 1. The average Bonchev–Trinajstić information content (AvgIpc) is 2.95. The average molecular weight is 426 g/mol. The Morgan fingerprint density at radius 3 is 2.38 bits per heavy atom. The Labute approximate surface area is 165 Å². The topological polar surface area (TPSA) is 102 Å². The molecule has 1 heterocycles. The van der Waals surface area contributed by atoms with E-state index in [9.17, 15) is 26.8 Å². The molecule has 0 atom stereocenters. The van der Waals surface area contributed by atoms with Crippen molar-refractivity contribution in [2.45, 2.75) is 18.1 Å². The van der Waals surface area contributed by atoms with Crippen molar-refractivity contribution in [1.82, 2.24) is 9.62 Å². The Bertz CT molecular complexity index is 1090. The smallest absolute Gasteiger partial charge is 0.387 e. The number of rotatable bonds is 7. The molecule has 3 rings (SSSR count). The summed E-state index contributed by atoms with van der Waals surface area (Å²) in [7, 11) is -1.44. The molecule has 0 spiro atoms. The molecule has 1 aliphatic rings. The van der Waals surface area contributed by atoms with Crippen LogP contribution in [0.3, 0.4) is 0 Å².